The quantitative estimate of drug-likeness (QED) is 0.795. The van der Waals surface area contributed by atoms with E-state index < -0.39 is 11.7 Å². The van der Waals surface area contributed by atoms with E-state index in [9.17, 15) is 18.0 Å². The van der Waals surface area contributed by atoms with Crippen LogP contribution in [0.5, 0.6) is 0 Å². The number of amides is 1. The third-order valence-corrected chi connectivity index (χ3v) is 4.75. The highest BCUT2D eigenvalue weighted by Gasteiger charge is 2.31. The van der Waals surface area contributed by atoms with Gasteiger partial charge in [0.2, 0.25) is 5.91 Å². The molecule has 0 radical (unpaired) electrons. The SMILES string of the molecule is CSCCC(=O)NCC(c1ccc(C(F)(F)F)cc1)N1CCOCC1. The second kappa shape index (κ2) is 9.45. The van der Waals surface area contributed by atoms with E-state index in [0.29, 0.717) is 39.3 Å². The predicted molar refractivity (Wildman–Crippen MR) is 92.6 cm³/mol. The Morgan fingerprint density at radius 3 is 2.48 bits per heavy atom. The summed E-state index contributed by atoms with van der Waals surface area (Å²) in [7, 11) is 0. The number of ether oxygens (including phenoxy) is 1. The number of hydrogen-bond acceptors (Lipinski definition) is 4. The Balaban J connectivity index is 2.09. The topological polar surface area (TPSA) is 41.6 Å². The molecule has 1 amide bonds. The lowest BCUT2D eigenvalue weighted by Gasteiger charge is -2.35. The Bertz CT molecular complexity index is 546. The number of nitrogens with one attached hydrogen (secondary N) is 1. The Kier molecular flexibility index (Phi) is 7.58. The number of thioether (sulfide) groups is 1. The van der Waals surface area contributed by atoms with Crippen LogP contribution in [0.2, 0.25) is 0 Å². The van der Waals surface area contributed by atoms with Crippen LogP contribution >= 0.6 is 11.8 Å². The van der Waals surface area contributed by atoms with Crippen LogP contribution in [0.15, 0.2) is 24.3 Å². The number of carbonyl (C=O) groups excluding carboxylic acids is 1. The summed E-state index contributed by atoms with van der Waals surface area (Å²) in [6.07, 6.45) is -1.98. The maximum atomic E-state index is 12.8. The molecule has 0 bridgehead atoms. The Hall–Kier alpha value is -1.25. The highest BCUT2D eigenvalue weighted by atomic mass is 32.2. The van der Waals surface area contributed by atoms with E-state index in [1.807, 2.05) is 6.26 Å². The maximum Gasteiger partial charge on any atom is 0.416 e. The van der Waals surface area contributed by atoms with Crippen molar-refractivity contribution >= 4 is 17.7 Å². The lowest BCUT2D eigenvalue weighted by molar-refractivity contribution is -0.137. The van der Waals surface area contributed by atoms with Crippen molar-refractivity contribution in [2.24, 2.45) is 0 Å². The van der Waals surface area contributed by atoms with Crippen molar-refractivity contribution in [1.82, 2.24) is 10.2 Å². The summed E-state index contributed by atoms with van der Waals surface area (Å²) in [5.41, 5.74) is 0.0982. The molecule has 140 valence electrons. The molecule has 0 aliphatic carbocycles. The van der Waals surface area contributed by atoms with Gasteiger partial charge in [0.25, 0.3) is 0 Å². The first kappa shape index (κ1) is 20.1. The first-order valence-corrected chi connectivity index (χ1v) is 9.56. The minimum Gasteiger partial charge on any atom is -0.379 e. The number of morpholine rings is 1. The lowest BCUT2D eigenvalue weighted by Crippen LogP contribution is -2.43. The molecule has 1 aromatic rings. The van der Waals surface area contributed by atoms with Crippen molar-refractivity contribution in [3.63, 3.8) is 0 Å². The summed E-state index contributed by atoms with van der Waals surface area (Å²) in [5, 5.41) is 2.90. The number of carbonyl (C=O) groups is 1. The Labute approximate surface area is 150 Å². The first-order valence-electron chi connectivity index (χ1n) is 8.16. The molecule has 1 N–H and O–H groups in total. The van der Waals surface area contributed by atoms with Crippen molar-refractivity contribution in [2.45, 2.75) is 18.6 Å². The van der Waals surface area contributed by atoms with Gasteiger partial charge in [-0.15, -0.1) is 0 Å². The zero-order valence-electron chi connectivity index (χ0n) is 14.1. The zero-order chi connectivity index (χ0) is 18.3. The molecule has 1 saturated heterocycles. The highest BCUT2D eigenvalue weighted by molar-refractivity contribution is 7.98. The van der Waals surface area contributed by atoms with E-state index in [1.165, 1.54) is 12.1 Å². The number of nitrogens with zero attached hydrogens (tertiary/aromatic N) is 1. The third-order valence-electron chi connectivity index (χ3n) is 4.14. The lowest BCUT2D eigenvalue weighted by atomic mass is 10.0. The van der Waals surface area contributed by atoms with Gasteiger partial charge in [0.1, 0.15) is 0 Å². The molecular weight excluding hydrogens is 353 g/mol. The van der Waals surface area contributed by atoms with Crippen LogP contribution in [-0.4, -0.2) is 55.7 Å². The van der Waals surface area contributed by atoms with Crippen molar-refractivity contribution in [3.8, 4) is 0 Å². The van der Waals surface area contributed by atoms with E-state index in [-0.39, 0.29) is 11.9 Å². The van der Waals surface area contributed by atoms with Gasteiger partial charge in [-0.2, -0.15) is 24.9 Å². The molecule has 1 aliphatic heterocycles. The molecule has 1 atom stereocenters. The number of hydrogen-bond donors (Lipinski definition) is 1. The fourth-order valence-corrected chi connectivity index (χ4v) is 3.12. The molecule has 1 aromatic carbocycles. The molecule has 1 unspecified atom stereocenters. The molecule has 0 spiro atoms. The van der Waals surface area contributed by atoms with E-state index in [0.717, 1.165) is 23.4 Å². The number of alkyl halides is 3. The van der Waals surface area contributed by atoms with Crippen LogP contribution in [0.1, 0.15) is 23.6 Å². The molecule has 8 heteroatoms. The van der Waals surface area contributed by atoms with E-state index in [1.54, 1.807) is 11.8 Å². The Morgan fingerprint density at radius 1 is 1.28 bits per heavy atom. The van der Waals surface area contributed by atoms with Gasteiger partial charge in [-0.05, 0) is 24.0 Å². The monoisotopic (exact) mass is 376 g/mol. The zero-order valence-corrected chi connectivity index (χ0v) is 15.0. The fraction of sp³-hybridized carbons (Fsp3) is 0.588. The van der Waals surface area contributed by atoms with E-state index in [2.05, 4.69) is 10.2 Å². The second-order valence-corrected chi connectivity index (χ2v) is 6.82. The molecule has 1 heterocycles. The molecule has 1 aliphatic rings. The van der Waals surface area contributed by atoms with Crippen LogP contribution in [-0.2, 0) is 15.7 Å². The van der Waals surface area contributed by atoms with Crippen molar-refractivity contribution in [2.75, 3.05) is 44.9 Å². The summed E-state index contributed by atoms with van der Waals surface area (Å²) in [4.78, 5) is 14.0. The minimum absolute atomic E-state index is 0.0421. The second-order valence-electron chi connectivity index (χ2n) is 5.83. The smallest absolute Gasteiger partial charge is 0.379 e. The molecule has 1 fully saturated rings. The Morgan fingerprint density at radius 2 is 1.92 bits per heavy atom. The normalized spacial score (nSPS) is 17.3. The predicted octanol–water partition coefficient (Wildman–Crippen LogP) is 2.95. The van der Waals surface area contributed by atoms with Crippen LogP contribution in [0.25, 0.3) is 0 Å². The molecule has 0 saturated carbocycles. The average molecular weight is 376 g/mol. The van der Waals surface area contributed by atoms with Gasteiger partial charge >= 0.3 is 6.18 Å². The van der Waals surface area contributed by atoms with Gasteiger partial charge in [-0.3, -0.25) is 9.69 Å². The largest absolute Gasteiger partial charge is 0.416 e. The van der Waals surface area contributed by atoms with Crippen LogP contribution < -0.4 is 5.32 Å². The fourth-order valence-electron chi connectivity index (χ4n) is 2.73. The van der Waals surface area contributed by atoms with Crippen LogP contribution in [0, 0.1) is 0 Å². The standard InChI is InChI=1S/C17H23F3N2O2S/c1-25-11-6-16(23)21-12-15(22-7-9-24-10-8-22)13-2-4-14(5-3-13)17(18,19)20/h2-5,15H,6-12H2,1H3,(H,21,23). The molecule has 25 heavy (non-hydrogen) atoms. The summed E-state index contributed by atoms with van der Waals surface area (Å²) in [6.45, 7) is 2.91. The molecule has 4 nitrogen and oxygen atoms in total. The van der Waals surface area contributed by atoms with Crippen molar-refractivity contribution < 1.29 is 22.7 Å². The van der Waals surface area contributed by atoms with Gasteiger partial charge in [0.05, 0.1) is 24.8 Å². The van der Waals surface area contributed by atoms with Crippen LogP contribution in [0.3, 0.4) is 0 Å². The summed E-state index contributed by atoms with van der Waals surface area (Å²) in [5.74, 6) is 0.702. The van der Waals surface area contributed by atoms with Crippen molar-refractivity contribution in [3.05, 3.63) is 35.4 Å². The summed E-state index contributed by atoms with van der Waals surface area (Å²) >= 11 is 1.60. The summed E-state index contributed by atoms with van der Waals surface area (Å²) < 4.78 is 43.6. The average Bonchev–Trinajstić information content (AvgIpc) is 2.60. The maximum absolute atomic E-state index is 12.8. The van der Waals surface area contributed by atoms with E-state index >= 15 is 0 Å². The number of halogens is 3. The number of rotatable bonds is 7. The van der Waals surface area contributed by atoms with Crippen molar-refractivity contribution in [1.29, 1.82) is 0 Å². The summed E-state index contributed by atoms with van der Waals surface area (Å²) in [6, 6.07) is 5.02. The molecule has 0 aromatic heterocycles. The molecule has 2 rings (SSSR count). The van der Waals surface area contributed by atoms with Crippen LogP contribution in [0.4, 0.5) is 13.2 Å². The molecular formula is C17H23F3N2O2S. The van der Waals surface area contributed by atoms with Gasteiger partial charge < -0.3 is 10.1 Å². The van der Waals surface area contributed by atoms with Gasteiger partial charge in [-0.1, -0.05) is 12.1 Å². The minimum atomic E-state index is -4.35. The van der Waals surface area contributed by atoms with E-state index in [4.69, 9.17) is 4.74 Å². The number of benzene rings is 1. The third kappa shape index (κ3) is 6.20. The first-order chi connectivity index (χ1) is 11.9. The highest BCUT2D eigenvalue weighted by Crippen LogP contribution is 2.31. The van der Waals surface area contributed by atoms with Gasteiger partial charge in [-0.25, -0.2) is 0 Å². The van der Waals surface area contributed by atoms with Gasteiger partial charge in [0, 0.05) is 31.8 Å². The van der Waals surface area contributed by atoms with Gasteiger partial charge in [0.15, 0.2) is 0 Å².